The highest BCUT2D eigenvalue weighted by atomic mass is 16.5. The number of aromatic nitrogens is 4. The van der Waals surface area contributed by atoms with Gasteiger partial charge in [0.05, 0.1) is 31.9 Å². The number of piperidine rings is 1. The van der Waals surface area contributed by atoms with Gasteiger partial charge >= 0.3 is 0 Å². The number of anilines is 1. The first-order chi connectivity index (χ1) is 16.3. The van der Waals surface area contributed by atoms with Crippen molar-refractivity contribution >= 4 is 5.82 Å². The number of hydrogen-bond acceptors (Lipinski definition) is 7. The molecule has 2 aliphatic heterocycles. The number of nitriles is 1. The fourth-order valence-electron chi connectivity index (χ4n) is 4.75. The van der Waals surface area contributed by atoms with Crippen LogP contribution >= 0.6 is 0 Å². The Hall–Kier alpha value is -3.28. The topological polar surface area (TPSA) is 83.1 Å². The molecular weight excluding hydrogens is 414 g/mol. The van der Waals surface area contributed by atoms with Crippen molar-refractivity contribution in [1.82, 2.24) is 24.6 Å². The molecule has 2 saturated heterocycles. The maximum absolute atomic E-state index is 9.44. The van der Waals surface area contributed by atoms with Crippen LogP contribution in [0.15, 0.2) is 48.7 Å². The van der Waals surface area contributed by atoms with Crippen LogP contribution in [0.25, 0.3) is 0 Å². The summed E-state index contributed by atoms with van der Waals surface area (Å²) in [5.41, 5.74) is 1.89. The predicted octanol–water partition coefficient (Wildman–Crippen LogP) is 2.81. The van der Waals surface area contributed by atoms with Crippen LogP contribution < -0.4 is 4.90 Å². The first-order valence-electron chi connectivity index (χ1n) is 11.7. The van der Waals surface area contributed by atoms with Crippen LogP contribution in [0.4, 0.5) is 5.82 Å². The first kappa shape index (κ1) is 21.6. The molecule has 0 saturated carbocycles. The molecule has 8 heteroatoms. The smallest absolute Gasteiger partial charge is 0.147 e. The Morgan fingerprint density at radius 2 is 1.73 bits per heavy atom. The van der Waals surface area contributed by atoms with Crippen LogP contribution in [0, 0.1) is 11.3 Å². The van der Waals surface area contributed by atoms with Gasteiger partial charge in [0.1, 0.15) is 23.5 Å². The zero-order chi connectivity index (χ0) is 22.5. The van der Waals surface area contributed by atoms with Gasteiger partial charge in [-0.3, -0.25) is 4.90 Å². The summed E-state index contributed by atoms with van der Waals surface area (Å²) >= 11 is 0. The maximum atomic E-state index is 9.44. The number of ether oxygens (including phenoxy) is 1. The van der Waals surface area contributed by atoms with Crippen molar-refractivity contribution in [3.63, 3.8) is 0 Å². The molecule has 0 aliphatic carbocycles. The molecular formula is C25H29N7O. The summed E-state index contributed by atoms with van der Waals surface area (Å²) < 4.78 is 7.84. The number of morpholine rings is 1. The summed E-state index contributed by atoms with van der Waals surface area (Å²) in [4.78, 5) is 9.09. The summed E-state index contributed by atoms with van der Waals surface area (Å²) in [7, 11) is 0. The summed E-state index contributed by atoms with van der Waals surface area (Å²) in [5.74, 6) is 3.22. The lowest BCUT2D eigenvalue weighted by Crippen LogP contribution is -2.37. The zero-order valence-corrected chi connectivity index (χ0v) is 18.8. The number of hydrogen-bond donors (Lipinski definition) is 0. The van der Waals surface area contributed by atoms with Crippen molar-refractivity contribution < 1.29 is 4.74 Å². The second-order valence-electron chi connectivity index (χ2n) is 8.68. The van der Waals surface area contributed by atoms with E-state index in [-0.39, 0.29) is 0 Å². The highest BCUT2D eigenvalue weighted by Crippen LogP contribution is 2.31. The Morgan fingerprint density at radius 3 is 2.48 bits per heavy atom. The molecule has 3 aromatic rings. The number of nitrogens with zero attached hydrogens (tertiary/aromatic N) is 7. The van der Waals surface area contributed by atoms with Gasteiger partial charge in [-0.05, 0) is 30.5 Å². The van der Waals surface area contributed by atoms with Gasteiger partial charge in [0.15, 0.2) is 0 Å². The predicted molar refractivity (Wildman–Crippen MR) is 125 cm³/mol. The molecule has 0 unspecified atom stereocenters. The van der Waals surface area contributed by atoms with E-state index in [0.717, 1.165) is 82.8 Å². The van der Waals surface area contributed by atoms with Gasteiger partial charge < -0.3 is 14.2 Å². The van der Waals surface area contributed by atoms with E-state index in [1.807, 2.05) is 18.2 Å². The molecule has 0 atom stereocenters. The van der Waals surface area contributed by atoms with Crippen molar-refractivity contribution in [2.45, 2.75) is 31.8 Å². The summed E-state index contributed by atoms with van der Waals surface area (Å²) in [6.07, 6.45) is 3.69. The van der Waals surface area contributed by atoms with E-state index in [1.165, 1.54) is 5.56 Å². The monoisotopic (exact) mass is 443 g/mol. The third-order valence-electron chi connectivity index (χ3n) is 6.58. The molecule has 33 heavy (non-hydrogen) atoms. The highest BCUT2D eigenvalue weighted by Gasteiger charge is 2.28. The van der Waals surface area contributed by atoms with Crippen LogP contribution in [-0.2, 0) is 17.8 Å². The summed E-state index contributed by atoms with van der Waals surface area (Å²) in [6, 6.07) is 16.5. The molecule has 2 aromatic heterocycles. The van der Waals surface area contributed by atoms with E-state index in [1.54, 1.807) is 6.20 Å². The normalized spacial score (nSPS) is 17.7. The quantitative estimate of drug-likeness (QED) is 0.579. The SMILES string of the molecule is N#Cc1cccnc1N1CCC(c2nnc(CN3CCOCC3)n2Cc2ccccc2)CC1. The maximum Gasteiger partial charge on any atom is 0.147 e. The van der Waals surface area contributed by atoms with Crippen molar-refractivity contribution in [1.29, 1.82) is 5.26 Å². The van der Waals surface area contributed by atoms with Crippen LogP contribution in [0.2, 0.25) is 0 Å². The van der Waals surface area contributed by atoms with Gasteiger partial charge in [-0.25, -0.2) is 4.98 Å². The second-order valence-corrected chi connectivity index (χ2v) is 8.68. The van der Waals surface area contributed by atoms with E-state index in [0.29, 0.717) is 11.5 Å². The van der Waals surface area contributed by atoms with Crippen LogP contribution in [0.1, 0.15) is 41.5 Å². The summed E-state index contributed by atoms with van der Waals surface area (Å²) in [5, 5.41) is 18.8. The number of rotatable bonds is 6. The Morgan fingerprint density at radius 1 is 0.939 bits per heavy atom. The average molecular weight is 444 g/mol. The first-order valence-corrected chi connectivity index (χ1v) is 11.7. The largest absolute Gasteiger partial charge is 0.379 e. The third-order valence-corrected chi connectivity index (χ3v) is 6.58. The molecule has 8 nitrogen and oxygen atoms in total. The lowest BCUT2D eigenvalue weighted by molar-refractivity contribution is 0.0325. The van der Waals surface area contributed by atoms with Gasteiger partial charge in [0, 0.05) is 38.3 Å². The van der Waals surface area contributed by atoms with Crippen molar-refractivity contribution in [2.24, 2.45) is 0 Å². The Labute approximate surface area is 194 Å². The number of pyridine rings is 1. The minimum atomic E-state index is 0.338. The van der Waals surface area contributed by atoms with Gasteiger partial charge in [-0.15, -0.1) is 10.2 Å². The molecule has 5 rings (SSSR count). The molecule has 2 fully saturated rings. The van der Waals surface area contributed by atoms with E-state index >= 15 is 0 Å². The van der Waals surface area contributed by atoms with Gasteiger partial charge in [0.2, 0.25) is 0 Å². The van der Waals surface area contributed by atoms with E-state index < -0.39 is 0 Å². The highest BCUT2D eigenvalue weighted by molar-refractivity contribution is 5.53. The second kappa shape index (κ2) is 10.1. The molecule has 0 N–H and O–H groups in total. The van der Waals surface area contributed by atoms with Crippen molar-refractivity contribution in [3.8, 4) is 6.07 Å². The fraction of sp³-hybridized carbons (Fsp3) is 0.440. The van der Waals surface area contributed by atoms with Crippen LogP contribution in [0.3, 0.4) is 0 Å². The van der Waals surface area contributed by atoms with Crippen LogP contribution in [0.5, 0.6) is 0 Å². The lowest BCUT2D eigenvalue weighted by Gasteiger charge is -2.33. The Balaban J connectivity index is 1.35. The molecule has 0 amide bonds. The Kier molecular flexibility index (Phi) is 6.61. The Bertz CT molecular complexity index is 1090. The standard InChI is InChI=1S/C25H29N7O/c26-17-22-7-4-10-27-24(22)31-11-8-21(9-12-31)25-29-28-23(19-30-13-15-33-16-14-30)32(25)18-20-5-2-1-3-6-20/h1-7,10,21H,8-9,11-16,18-19H2. The van der Waals surface area contributed by atoms with Gasteiger partial charge in [-0.1, -0.05) is 30.3 Å². The molecule has 2 aliphatic rings. The average Bonchev–Trinajstić information content (AvgIpc) is 3.27. The van der Waals surface area contributed by atoms with Crippen molar-refractivity contribution in [3.05, 3.63) is 71.4 Å². The fourth-order valence-corrected chi connectivity index (χ4v) is 4.75. The molecule has 0 bridgehead atoms. The lowest BCUT2D eigenvalue weighted by atomic mass is 9.95. The molecule has 4 heterocycles. The molecule has 0 radical (unpaired) electrons. The van der Waals surface area contributed by atoms with E-state index in [4.69, 9.17) is 9.84 Å². The van der Waals surface area contributed by atoms with Gasteiger partial charge in [0.25, 0.3) is 0 Å². The van der Waals surface area contributed by atoms with E-state index in [2.05, 4.69) is 54.8 Å². The molecule has 170 valence electrons. The number of benzene rings is 1. The van der Waals surface area contributed by atoms with E-state index in [9.17, 15) is 5.26 Å². The van der Waals surface area contributed by atoms with Crippen LogP contribution in [-0.4, -0.2) is 64.0 Å². The molecule has 1 aromatic carbocycles. The van der Waals surface area contributed by atoms with Gasteiger partial charge in [-0.2, -0.15) is 5.26 Å². The minimum absolute atomic E-state index is 0.338. The van der Waals surface area contributed by atoms with Crippen molar-refractivity contribution in [2.75, 3.05) is 44.3 Å². The molecule has 0 spiro atoms. The zero-order valence-electron chi connectivity index (χ0n) is 18.8. The minimum Gasteiger partial charge on any atom is -0.379 e. The summed E-state index contributed by atoms with van der Waals surface area (Å²) in [6.45, 7) is 6.69. The third kappa shape index (κ3) is 4.90.